The van der Waals surface area contributed by atoms with E-state index in [0.29, 0.717) is 46.6 Å². The van der Waals surface area contributed by atoms with E-state index in [1.165, 1.54) is 0 Å². The van der Waals surface area contributed by atoms with E-state index >= 15 is 0 Å². The largest absolute Gasteiger partial charge is 0.495 e. The number of hydrogen-bond donors (Lipinski definition) is 3. The Hall–Kier alpha value is -5.09. The van der Waals surface area contributed by atoms with Crippen LogP contribution in [0.5, 0.6) is 5.75 Å². The summed E-state index contributed by atoms with van der Waals surface area (Å²) in [5.41, 5.74) is 2.26. The van der Waals surface area contributed by atoms with Gasteiger partial charge in [-0.1, -0.05) is 61.3 Å². The van der Waals surface area contributed by atoms with Crippen LogP contribution in [0.3, 0.4) is 0 Å². The number of piperidine rings is 2. The first-order valence-corrected chi connectivity index (χ1v) is 25.6. The van der Waals surface area contributed by atoms with Crippen molar-refractivity contribution in [1.29, 1.82) is 0 Å². The number of nitrogens with one attached hydrogen (secondary N) is 3. The maximum Gasteiger partial charge on any atom is 0.254 e. The van der Waals surface area contributed by atoms with Crippen LogP contribution in [0.25, 0.3) is 0 Å². The lowest BCUT2D eigenvalue weighted by molar-refractivity contribution is -0.120. The van der Waals surface area contributed by atoms with Crippen LogP contribution >= 0.6 is 0 Å². The van der Waals surface area contributed by atoms with Gasteiger partial charge in [-0.2, -0.15) is 4.98 Å². The third-order valence-corrected chi connectivity index (χ3v) is 15.5. The Labute approximate surface area is 410 Å². The van der Waals surface area contributed by atoms with Crippen molar-refractivity contribution in [3.63, 3.8) is 0 Å². The average Bonchev–Trinajstić information content (AvgIpc) is 3.84. The van der Waals surface area contributed by atoms with Gasteiger partial charge in [-0.25, -0.2) is 15.0 Å². The van der Waals surface area contributed by atoms with Crippen LogP contribution in [0.1, 0.15) is 154 Å². The summed E-state index contributed by atoms with van der Waals surface area (Å²) in [6.45, 7) is 24.4. The van der Waals surface area contributed by atoms with Gasteiger partial charge in [0.15, 0.2) is 5.82 Å². The Balaban J connectivity index is 0.777. The van der Waals surface area contributed by atoms with Crippen molar-refractivity contribution in [2.24, 2.45) is 16.2 Å². The second-order valence-electron chi connectivity index (χ2n) is 23.4. The lowest BCUT2D eigenvalue weighted by Gasteiger charge is -2.57. The molecule has 0 unspecified atom stereocenters. The van der Waals surface area contributed by atoms with E-state index < -0.39 is 0 Å². The number of carbonyl (C=O) groups excluding carboxylic acids is 3. The maximum atomic E-state index is 13.6. The molecule has 3 aliphatic heterocycles. The molecular formula is C53H79N11O5. The fourth-order valence-corrected chi connectivity index (χ4v) is 13.0. The van der Waals surface area contributed by atoms with Gasteiger partial charge in [0, 0.05) is 75.9 Å². The van der Waals surface area contributed by atoms with Gasteiger partial charge in [-0.3, -0.25) is 14.4 Å². The van der Waals surface area contributed by atoms with E-state index in [0.717, 1.165) is 103 Å². The Morgan fingerprint density at radius 3 is 2.12 bits per heavy atom. The second-order valence-corrected chi connectivity index (χ2v) is 23.4. The molecule has 69 heavy (non-hydrogen) atoms. The van der Waals surface area contributed by atoms with Crippen LogP contribution in [0.2, 0.25) is 0 Å². The molecule has 2 aromatic heterocycles. The molecule has 1 atom stereocenters. The van der Waals surface area contributed by atoms with Gasteiger partial charge in [0.05, 0.1) is 36.3 Å². The molecule has 5 aliphatic rings. The van der Waals surface area contributed by atoms with E-state index in [9.17, 15) is 14.4 Å². The zero-order valence-corrected chi connectivity index (χ0v) is 43.3. The minimum Gasteiger partial charge on any atom is -0.495 e. The highest BCUT2D eigenvalue weighted by Crippen LogP contribution is 2.53. The molecule has 376 valence electrons. The highest BCUT2D eigenvalue weighted by Gasteiger charge is 2.53. The minimum absolute atomic E-state index is 0.0193. The number of aromatic nitrogens is 4. The molecule has 0 bridgehead atoms. The first-order valence-electron chi connectivity index (χ1n) is 25.6. The standard InChI is InChI=1S/C53H79N11O5/c1-12-40-46(67)61(10)41-30-54-48(59-43(41)64(40)37-15-13-14-16-37)58-39-18-17-34(27-42(39)68-11)44(65)57-36-19-23-62(24-20-36)33-50(2,3)31-53(8,9)69-38-21-25-63(26-22-38)49-55-28-35(29-56-49)45(66)60-47-51(4,5)32-52(47,6)7/h17-18,27-30,36-38,40,47H,12-16,19-26,31-33H2,1-11H3,(H,57,65)(H,60,66)(H,54,58,59)/t40-/m1/s1. The fraction of sp³-hybridized carbons (Fsp3) is 0.679. The molecule has 8 rings (SSSR count). The molecule has 2 saturated carbocycles. The lowest BCUT2D eigenvalue weighted by Crippen LogP contribution is -2.63. The number of fused-ring (bicyclic) bond motifs is 1. The zero-order chi connectivity index (χ0) is 49.5. The predicted octanol–water partition coefficient (Wildman–Crippen LogP) is 8.15. The minimum atomic E-state index is -0.301. The number of methoxy groups -OCH3 is 1. The van der Waals surface area contributed by atoms with E-state index in [4.69, 9.17) is 14.5 Å². The van der Waals surface area contributed by atoms with Crippen molar-refractivity contribution in [3.8, 4) is 5.75 Å². The van der Waals surface area contributed by atoms with Crippen molar-refractivity contribution in [2.45, 2.75) is 169 Å². The summed E-state index contributed by atoms with van der Waals surface area (Å²) in [4.78, 5) is 67.4. The Kier molecular flexibility index (Phi) is 14.6. The topological polar surface area (TPSA) is 170 Å². The molecular weight excluding hydrogens is 871 g/mol. The number of hydrogen-bond acceptors (Lipinski definition) is 13. The normalized spacial score (nSPS) is 21.8. The second kappa shape index (κ2) is 20.0. The predicted molar refractivity (Wildman–Crippen MR) is 272 cm³/mol. The number of nitrogens with zero attached hydrogens (tertiary/aromatic N) is 8. The molecule has 3 amide bonds. The van der Waals surface area contributed by atoms with Gasteiger partial charge in [-0.05, 0) is 106 Å². The first-order chi connectivity index (χ1) is 32.7. The van der Waals surface area contributed by atoms with Crippen LogP contribution < -0.4 is 35.4 Å². The Bertz CT molecular complexity index is 2300. The summed E-state index contributed by atoms with van der Waals surface area (Å²) >= 11 is 0. The molecule has 1 aromatic carbocycles. The highest BCUT2D eigenvalue weighted by atomic mass is 16.5. The summed E-state index contributed by atoms with van der Waals surface area (Å²) in [6, 6.07) is 5.62. The average molecular weight is 950 g/mol. The first kappa shape index (κ1) is 50.3. The summed E-state index contributed by atoms with van der Waals surface area (Å²) in [6.07, 6.45) is 15.8. The maximum absolute atomic E-state index is 13.6. The van der Waals surface area contributed by atoms with Gasteiger partial charge < -0.3 is 45.0 Å². The van der Waals surface area contributed by atoms with Crippen molar-refractivity contribution < 1.29 is 23.9 Å². The number of anilines is 5. The number of carbonyl (C=O) groups is 3. The summed E-state index contributed by atoms with van der Waals surface area (Å²) in [5, 5.41) is 9.86. The number of ether oxygens (including phenoxy) is 2. The van der Waals surface area contributed by atoms with Gasteiger partial charge in [0.25, 0.3) is 11.8 Å². The van der Waals surface area contributed by atoms with Gasteiger partial charge in [0.2, 0.25) is 17.8 Å². The monoisotopic (exact) mass is 950 g/mol. The quantitative estimate of drug-likeness (QED) is 0.126. The Morgan fingerprint density at radius 2 is 1.49 bits per heavy atom. The molecule has 0 radical (unpaired) electrons. The molecule has 2 aliphatic carbocycles. The van der Waals surface area contributed by atoms with Crippen molar-refractivity contribution in [1.82, 2.24) is 35.5 Å². The third kappa shape index (κ3) is 11.3. The number of benzene rings is 1. The number of likely N-dealkylation sites (N-methyl/N-ethyl adjacent to an activating group) is 1. The third-order valence-electron chi connectivity index (χ3n) is 15.5. The van der Waals surface area contributed by atoms with Crippen LogP contribution in [0.15, 0.2) is 36.8 Å². The van der Waals surface area contributed by atoms with Crippen LogP contribution in [0.4, 0.5) is 29.1 Å². The van der Waals surface area contributed by atoms with Gasteiger partial charge in [0.1, 0.15) is 17.5 Å². The smallest absolute Gasteiger partial charge is 0.254 e. The fourth-order valence-electron chi connectivity index (χ4n) is 13.0. The molecule has 3 N–H and O–H groups in total. The highest BCUT2D eigenvalue weighted by molar-refractivity contribution is 6.04. The van der Waals surface area contributed by atoms with Gasteiger partial charge >= 0.3 is 0 Å². The molecule has 16 heteroatoms. The van der Waals surface area contributed by atoms with Crippen LogP contribution in [-0.4, -0.2) is 125 Å². The lowest BCUT2D eigenvalue weighted by atomic mass is 9.52. The molecule has 0 spiro atoms. The van der Waals surface area contributed by atoms with E-state index in [-0.39, 0.29) is 69.8 Å². The molecule has 2 saturated heterocycles. The molecule has 3 aromatic rings. The van der Waals surface area contributed by atoms with Crippen LogP contribution in [0, 0.1) is 16.2 Å². The van der Waals surface area contributed by atoms with Crippen molar-refractivity contribution >= 4 is 46.8 Å². The molecule has 4 fully saturated rings. The number of likely N-dealkylation sites (tertiary alicyclic amines) is 1. The summed E-state index contributed by atoms with van der Waals surface area (Å²) < 4.78 is 12.6. The number of rotatable bonds is 16. The summed E-state index contributed by atoms with van der Waals surface area (Å²) in [5.74, 6) is 2.19. The molecule has 16 nitrogen and oxygen atoms in total. The molecule has 5 heterocycles. The van der Waals surface area contributed by atoms with E-state index in [2.05, 4.69) is 108 Å². The van der Waals surface area contributed by atoms with Crippen molar-refractivity contribution in [2.75, 3.05) is 66.9 Å². The van der Waals surface area contributed by atoms with E-state index in [1.807, 2.05) is 6.07 Å². The number of amides is 3. The van der Waals surface area contributed by atoms with E-state index in [1.54, 1.807) is 49.8 Å². The van der Waals surface area contributed by atoms with Crippen molar-refractivity contribution in [3.05, 3.63) is 47.9 Å². The SMILES string of the molecule is CC[C@@H]1C(=O)N(C)c2cnc(Nc3ccc(C(=O)NC4CCN(CC(C)(C)CC(C)(C)OC5CCN(c6ncc(C(=O)NC7C(C)(C)CC7(C)C)cn6)CC5)CC4)cc3OC)nc2N1C1CCCC1. The zero-order valence-electron chi connectivity index (χ0n) is 43.3. The van der Waals surface area contributed by atoms with Crippen LogP contribution in [-0.2, 0) is 9.53 Å². The van der Waals surface area contributed by atoms with Gasteiger partial charge in [-0.15, -0.1) is 0 Å². The summed E-state index contributed by atoms with van der Waals surface area (Å²) in [7, 11) is 3.39. The Morgan fingerprint density at radius 1 is 0.841 bits per heavy atom.